The van der Waals surface area contributed by atoms with Gasteiger partial charge in [-0.3, -0.25) is 4.79 Å². The van der Waals surface area contributed by atoms with Gasteiger partial charge < -0.3 is 10.6 Å². The Hall–Kier alpha value is -0.750. The SMILES string of the molecule is CCCNc1ncc(Br)cc1C(=O)NCC(C)CSC. The van der Waals surface area contributed by atoms with E-state index >= 15 is 0 Å². The molecule has 0 aliphatic rings. The smallest absolute Gasteiger partial charge is 0.255 e. The molecule has 0 aromatic carbocycles. The molecule has 20 heavy (non-hydrogen) atoms. The summed E-state index contributed by atoms with van der Waals surface area (Å²) in [6, 6.07) is 1.81. The Morgan fingerprint density at radius 2 is 2.30 bits per heavy atom. The summed E-state index contributed by atoms with van der Waals surface area (Å²) in [7, 11) is 0. The second kappa shape index (κ2) is 9.23. The average Bonchev–Trinajstić information content (AvgIpc) is 2.43. The normalized spacial score (nSPS) is 12.0. The van der Waals surface area contributed by atoms with Gasteiger partial charge in [-0.2, -0.15) is 11.8 Å². The van der Waals surface area contributed by atoms with Crippen molar-refractivity contribution in [1.29, 1.82) is 0 Å². The second-order valence-corrected chi connectivity index (χ2v) is 6.57. The molecule has 0 aliphatic heterocycles. The quantitative estimate of drug-likeness (QED) is 0.746. The lowest BCUT2D eigenvalue weighted by Gasteiger charge is -2.14. The van der Waals surface area contributed by atoms with Gasteiger partial charge in [-0.25, -0.2) is 4.98 Å². The van der Waals surface area contributed by atoms with Gasteiger partial charge >= 0.3 is 0 Å². The predicted molar refractivity (Wildman–Crippen MR) is 90.6 cm³/mol. The van der Waals surface area contributed by atoms with Crippen LogP contribution < -0.4 is 10.6 Å². The number of halogens is 1. The summed E-state index contributed by atoms with van der Waals surface area (Å²) in [6.45, 7) is 5.69. The minimum Gasteiger partial charge on any atom is -0.369 e. The lowest BCUT2D eigenvalue weighted by molar-refractivity contribution is 0.0949. The van der Waals surface area contributed by atoms with E-state index in [9.17, 15) is 4.79 Å². The van der Waals surface area contributed by atoms with E-state index in [1.54, 1.807) is 24.0 Å². The molecule has 1 unspecified atom stereocenters. The van der Waals surface area contributed by atoms with Crippen molar-refractivity contribution < 1.29 is 4.79 Å². The van der Waals surface area contributed by atoms with Crippen LogP contribution in [-0.2, 0) is 0 Å². The maximum atomic E-state index is 12.3. The summed E-state index contributed by atoms with van der Waals surface area (Å²) >= 11 is 5.15. The summed E-state index contributed by atoms with van der Waals surface area (Å²) in [5, 5.41) is 6.16. The van der Waals surface area contributed by atoms with Gasteiger partial charge in [0.2, 0.25) is 0 Å². The summed E-state index contributed by atoms with van der Waals surface area (Å²) < 4.78 is 0.807. The largest absolute Gasteiger partial charge is 0.369 e. The van der Waals surface area contributed by atoms with E-state index < -0.39 is 0 Å². The molecule has 112 valence electrons. The van der Waals surface area contributed by atoms with Gasteiger partial charge in [-0.15, -0.1) is 0 Å². The molecule has 4 nitrogen and oxygen atoms in total. The Balaban J connectivity index is 2.72. The average molecular weight is 360 g/mol. The molecule has 0 spiro atoms. The molecule has 0 aliphatic carbocycles. The first-order valence-corrected chi connectivity index (χ1v) is 8.93. The molecule has 1 heterocycles. The van der Waals surface area contributed by atoms with Crippen LogP contribution >= 0.6 is 27.7 Å². The number of pyridine rings is 1. The second-order valence-electron chi connectivity index (χ2n) is 4.75. The summed E-state index contributed by atoms with van der Waals surface area (Å²) in [4.78, 5) is 16.5. The Labute approximate surface area is 133 Å². The van der Waals surface area contributed by atoms with Crippen molar-refractivity contribution in [2.45, 2.75) is 20.3 Å². The monoisotopic (exact) mass is 359 g/mol. The molecule has 0 saturated heterocycles. The van der Waals surface area contributed by atoms with E-state index in [1.165, 1.54) is 0 Å². The standard InChI is InChI=1S/C14H22BrN3OS/c1-4-5-16-13-12(6-11(15)8-17-13)14(19)18-7-10(2)9-20-3/h6,8,10H,4-5,7,9H2,1-3H3,(H,16,17)(H,18,19). The maximum Gasteiger partial charge on any atom is 0.255 e. The first-order chi connectivity index (χ1) is 9.58. The predicted octanol–water partition coefficient (Wildman–Crippen LogP) is 3.39. The van der Waals surface area contributed by atoms with Crippen molar-refractivity contribution in [3.8, 4) is 0 Å². The zero-order valence-electron chi connectivity index (χ0n) is 12.2. The Kier molecular flexibility index (Phi) is 7.99. The van der Waals surface area contributed by atoms with Crippen LogP contribution in [0.5, 0.6) is 0 Å². The fraction of sp³-hybridized carbons (Fsp3) is 0.571. The van der Waals surface area contributed by atoms with Gasteiger partial charge in [0.05, 0.1) is 5.56 Å². The van der Waals surface area contributed by atoms with Gasteiger partial charge in [-0.05, 0) is 46.3 Å². The lowest BCUT2D eigenvalue weighted by atomic mass is 10.2. The van der Waals surface area contributed by atoms with E-state index in [0.29, 0.717) is 23.8 Å². The molecule has 6 heteroatoms. The maximum absolute atomic E-state index is 12.3. The zero-order valence-corrected chi connectivity index (χ0v) is 14.6. The topological polar surface area (TPSA) is 54.0 Å². The Bertz CT molecular complexity index is 442. The number of rotatable bonds is 8. The number of aromatic nitrogens is 1. The number of hydrogen-bond acceptors (Lipinski definition) is 4. The molecule has 0 saturated carbocycles. The van der Waals surface area contributed by atoms with E-state index in [4.69, 9.17) is 0 Å². The van der Waals surface area contributed by atoms with Crippen molar-refractivity contribution in [3.63, 3.8) is 0 Å². The van der Waals surface area contributed by atoms with Crippen LogP contribution in [0.1, 0.15) is 30.6 Å². The van der Waals surface area contributed by atoms with Gasteiger partial charge in [0.15, 0.2) is 0 Å². The highest BCUT2D eigenvalue weighted by Crippen LogP contribution is 2.18. The number of hydrogen-bond donors (Lipinski definition) is 2. The fourth-order valence-corrected chi connectivity index (χ4v) is 2.72. The third kappa shape index (κ3) is 5.71. The molecule has 0 fully saturated rings. The highest BCUT2D eigenvalue weighted by Gasteiger charge is 2.14. The van der Waals surface area contributed by atoms with Crippen molar-refractivity contribution >= 4 is 39.4 Å². The minimum absolute atomic E-state index is 0.0784. The van der Waals surface area contributed by atoms with Gasteiger partial charge in [0.25, 0.3) is 5.91 Å². The van der Waals surface area contributed by atoms with Crippen molar-refractivity contribution in [2.24, 2.45) is 5.92 Å². The Morgan fingerprint density at radius 1 is 1.55 bits per heavy atom. The van der Waals surface area contributed by atoms with Crippen LogP contribution in [0.25, 0.3) is 0 Å². The molecule has 0 bridgehead atoms. The molecule has 1 aromatic heterocycles. The van der Waals surface area contributed by atoms with E-state index in [0.717, 1.165) is 23.2 Å². The van der Waals surface area contributed by atoms with Crippen LogP contribution in [0, 0.1) is 5.92 Å². The van der Waals surface area contributed by atoms with E-state index in [1.807, 2.05) is 0 Å². The number of anilines is 1. The Morgan fingerprint density at radius 3 is 2.95 bits per heavy atom. The van der Waals surface area contributed by atoms with E-state index in [2.05, 4.69) is 51.7 Å². The molecular formula is C14H22BrN3OS. The van der Waals surface area contributed by atoms with Crippen molar-refractivity contribution in [1.82, 2.24) is 10.3 Å². The van der Waals surface area contributed by atoms with E-state index in [-0.39, 0.29) is 5.91 Å². The summed E-state index contributed by atoms with van der Waals surface area (Å²) in [5.41, 5.74) is 0.587. The number of nitrogens with one attached hydrogen (secondary N) is 2. The molecule has 1 amide bonds. The minimum atomic E-state index is -0.0784. The number of nitrogens with zero attached hydrogens (tertiary/aromatic N) is 1. The van der Waals surface area contributed by atoms with Crippen molar-refractivity contribution in [3.05, 3.63) is 22.3 Å². The van der Waals surface area contributed by atoms with Gasteiger partial charge in [-0.1, -0.05) is 13.8 Å². The third-order valence-corrected chi connectivity index (χ3v) is 4.04. The number of carbonyl (C=O) groups is 1. The molecule has 0 radical (unpaired) electrons. The number of amides is 1. The van der Waals surface area contributed by atoms with Crippen LogP contribution in [0.3, 0.4) is 0 Å². The summed E-state index contributed by atoms with van der Waals surface area (Å²) in [5.74, 6) is 2.06. The number of thioether (sulfide) groups is 1. The van der Waals surface area contributed by atoms with Crippen molar-refractivity contribution in [2.75, 3.05) is 30.4 Å². The first-order valence-electron chi connectivity index (χ1n) is 6.75. The third-order valence-electron chi connectivity index (χ3n) is 2.70. The van der Waals surface area contributed by atoms with Gasteiger partial charge in [0.1, 0.15) is 5.82 Å². The molecule has 1 atom stereocenters. The highest BCUT2D eigenvalue weighted by atomic mass is 79.9. The molecule has 2 N–H and O–H groups in total. The summed E-state index contributed by atoms with van der Waals surface area (Å²) in [6.07, 6.45) is 4.76. The molecular weight excluding hydrogens is 338 g/mol. The van der Waals surface area contributed by atoms with Gasteiger partial charge in [0, 0.05) is 23.8 Å². The van der Waals surface area contributed by atoms with Crippen LogP contribution in [-0.4, -0.2) is 36.0 Å². The lowest BCUT2D eigenvalue weighted by Crippen LogP contribution is -2.30. The van der Waals surface area contributed by atoms with Crippen LogP contribution in [0.2, 0.25) is 0 Å². The van der Waals surface area contributed by atoms with Crippen LogP contribution in [0.15, 0.2) is 16.7 Å². The molecule has 1 aromatic rings. The fourth-order valence-electron chi connectivity index (χ4n) is 1.70. The first kappa shape index (κ1) is 17.3. The molecule has 1 rings (SSSR count). The van der Waals surface area contributed by atoms with Crippen LogP contribution in [0.4, 0.5) is 5.82 Å². The number of carbonyl (C=O) groups excluding carboxylic acids is 1. The highest BCUT2D eigenvalue weighted by molar-refractivity contribution is 9.10. The zero-order chi connectivity index (χ0) is 15.0.